The minimum Gasteiger partial charge on any atom is -0.496 e. The van der Waals surface area contributed by atoms with Crippen LogP contribution < -0.4 is 10.1 Å². The lowest BCUT2D eigenvalue weighted by molar-refractivity contribution is -0.141. The number of hydrogen-bond donors (Lipinski definition) is 2. The maximum absolute atomic E-state index is 12.5. The van der Waals surface area contributed by atoms with Crippen molar-refractivity contribution >= 4 is 35.1 Å². The fourth-order valence-corrected chi connectivity index (χ4v) is 4.36. The second-order valence-electron chi connectivity index (χ2n) is 8.49. The lowest BCUT2D eigenvalue weighted by Crippen LogP contribution is -2.43. The molecule has 36 heavy (non-hydrogen) atoms. The van der Waals surface area contributed by atoms with Crippen LogP contribution in [-0.2, 0) is 27.4 Å². The molecular weight excluding hydrogens is 515 g/mol. The first kappa shape index (κ1) is 29.5. The van der Waals surface area contributed by atoms with Gasteiger partial charge in [0, 0.05) is 17.6 Å². The Labute approximate surface area is 219 Å². The molecule has 1 amide bonds. The first-order chi connectivity index (χ1) is 16.9. The van der Waals surface area contributed by atoms with Gasteiger partial charge in [-0.2, -0.15) is 0 Å². The summed E-state index contributed by atoms with van der Waals surface area (Å²) in [5.41, 5.74) is 4.01. The maximum atomic E-state index is 12.5. The van der Waals surface area contributed by atoms with Crippen molar-refractivity contribution < 1.29 is 33.0 Å². The Morgan fingerprint density at radius 1 is 1.08 bits per heavy atom. The molecule has 0 bridgehead atoms. The third-order valence-electron chi connectivity index (χ3n) is 5.40. The van der Waals surface area contributed by atoms with Gasteiger partial charge in [0.25, 0.3) is 12.3 Å². The number of ether oxygens (including phenoxy) is 2. The monoisotopic (exact) mass is 543 g/mol. The number of aryl methyl sites for hydroxylation is 1. The van der Waals surface area contributed by atoms with E-state index in [1.165, 1.54) is 7.11 Å². The SMILES string of the molecule is COc1cc(COCC(F)F)cc(C)c1-c1ccc(CC(NC(=O)C(=C(Cl)Cl)C(C)C)C(=O)O)cc1. The summed E-state index contributed by atoms with van der Waals surface area (Å²) in [4.78, 5) is 24.3. The van der Waals surface area contributed by atoms with Crippen molar-refractivity contribution in [3.05, 3.63) is 63.2 Å². The van der Waals surface area contributed by atoms with Gasteiger partial charge in [0.2, 0.25) is 0 Å². The number of benzene rings is 2. The Morgan fingerprint density at radius 3 is 2.22 bits per heavy atom. The van der Waals surface area contributed by atoms with Crippen LogP contribution in [0.2, 0.25) is 0 Å². The summed E-state index contributed by atoms with van der Waals surface area (Å²) in [6.45, 7) is 4.73. The molecule has 0 radical (unpaired) electrons. The van der Waals surface area contributed by atoms with Crippen LogP contribution in [0.15, 0.2) is 46.5 Å². The predicted octanol–water partition coefficient (Wildman–Crippen LogP) is 5.91. The summed E-state index contributed by atoms with van der Waals surface area (Å²) in [5, 5.41) is 12.1. The number of amides is 1. The normalized spacial score (nSPS) is 11.9. The van der Waals surface area contributed by atoms with Crippen LogP contribution in [0.5, 0.6) is 5.75 Å². The molecule has 0 heterocycles. The van der Waals surface area contributed by atoms with E-state index in [1.54, 1.807) is 32.0 Å². The van der Waals surface area contributed by atoms with Gasteiger partial charge in [-0.25, -0.2) is 13.6 Å². The number of methoxy groups -OCH3 is 1. The predicted molar refractivity (Wildman–Crippen MR) is 136 cm³/mol. The van der Waals surface area contributed by atoms with Crippen LogP contribution in [0.25, 0.3) is 11.1 Å². The van der Waals surface area contributed by atoms with Gasteiger partial charge in [0.15, 0.2) is 0 Å². The van der Waals surface area contributed by atoms with E-state index in [0.29, 0.717) is 16.9 Å². The molecule has 2 N–H and O–H groups in total. The second-order valence-corrected chi connectivity index (χ2v) is 9.44. The number of rotatable bonds is 12. The molecule has 10 heteroatoms. The lowest BCUT2D eigenvalue weighted by atomic mass is 9.95. The highest BCUT2D eigenvalue weighted by atomic mass is 35.5. The molecule has 0 saturated heterocycles. The average molecular weight is 544 g/mol. The number of alkyl halides is 2. The summed E-state index contributed by atoms with van der Waals surface area (Å²) >= 11 is 11.6. The van der Waals surface area contributed by atoms with Gasteiger partial charge in [-0.3, -0.25) is 4.79 Å². The van der Waals surface area contributed by atoms with Gasteiger partial charge in [0.05, 0.1) is 13.7 Å². The lowest BCUT2D eigenvalue weighted by Gasteiger charge is -2.18. The van der Waals surface area contributed by atoms with Crippen LogP contribution in [0.1, 0.15) is 30.5 Å². The molecule has 0 aliphatic heterocycles. The van der Waals surface area contributed by atoms with Crippen molar-refractivity contribution in [3.8, 4) is 16.9 Å². The van der Waals surface area contributed by atoms with Crippen LogP contribution >= 0.6 is 23.2 Å². The highest BCUT2D eigenvalue weighted by Gasteiger charge is 2.25. The van der Waals surface area contributed by atoms with E-state index < -0.39 is 31.0 Å². The number of carbonyl (C=O) groups is 2. The highest BCUT2D eigenvalue weighted by Crippen LogP contribution is 2.35. The van der Waals surface area contributed by atoms with Crippen molar-refractivity contribution in [1.29, 1.82) is 0 Å². The van der Waals surface area contributed by atoms with Gasteiger partial charge in [0.1, 0.15) is 22.9 Å². The number of aliphatic carboxylic acids is 1. The van der Waals surface area contributed by atoms with E-state index in [9.17, 15) is 23.5 Å². The number of carboxylic acids is 1. The first-order valence-corrected chi connectivity index (χ1v) is 11.9. The van der Waals surface area contributed by atoms with Crippen LogP contribution in [0.4, 0.5) is 8.78 Å². The van der Waals surface area contributed by atoms with Crippen LogP contribution in [0.3, 0.4) is 0 Å². The summed E-state index contributed by atoms with van der Waals surface area (Å²) in [6.07, 6.45) is -2.49. The van der Waals surface area contributed by atoms with E-state index in [-0.39, 0.29) is 29.0 Å². The van der Waals surface area contributed by atoms with E-state index >= 15 is 0 Å². The van der Waals surface area contributed by atoms with Crippen molar-refractivity contribution in [2.45, 2.75) is 46.3 Å². The van der Waals surface area contributed by atoms with Gasteiger partial charge < -0.3 is 19.9 Å². The van der Waals surface area contributed by atoms with Crippen molar-refractivity contribution in [1.82, 2.24) is 5.32 Å². The molecule has 2 aromatic rings. The fraction of sp³-hybridized carbons (Fsp3) is 0.385. The Bertz CT molecular complexity index is 1100. The van der Waals surface area contributed by atoms with Gasteiger partial charge in [-0.05, 0) is 41.2 Å². The van der Waals surface area contributed by atoms with E-state index in [4.69, 9.17) is 32.7 Å². The van der Waals surface area contributed by atoms with Crippen molar-refractivity contribution in [2.75, 3.05) is 13.7 Å². The van der Waals surface area contributed by atoms with Crippen LogP contribution in [0, 0.1) is 12.8 Å². The fourth-order valence-electron chi connectivity index (χ4n) is 3.75. The van der Waals surface area contributed by atoms with E-state index in [1.807, 2.05) is 25.1 Å². The molecule has 1 atom stereocenters. The molecule has 1 unspecified atom stereocenters. The average Bonchev–Trinajstić information content (AvgIpc) is 2.78. The summed E-state index contributed by atoms with van der Waals surface area (Å²) in [6, 6.07) is 9.57. The van der Waals surface area contributed by atoms with Crippen LogP contribution in [-0.4, -0.2) is 43.2 Å². The zero-order chi connectivity index (χ0) is 27.0. The minimum absolute atomic E-state index is 0.0334. The van der Waals surface area contributed by atoms with Gasteiger partial charge >= 0.3 is 5.97 Å². The molecule has 0 aromatic heterocycles. The molecule has 0 saturated carbocycles. The van der Waals surface area contributed by atoms with Crippen molar-refractivity contribution in [2.24, 2.45) is 5.92 Å². The minimum atomic E-state index is -2.54. The standard InChI is InChI=1S/C26H29Cl2F2NO5/c1-14(2)22(24(27)28)25(32)31-19(26(33)34)10-16-5-7-18(8-6-16)23-15(3)9-17(11-20(23)35-4)12-36-13-21(29)30/h5-9,11,14,19,21H,10,12-13H2,1-4H3,(H,31,32)(H,33,34). The zero-order valence-corrected chi connectivity index (χ0v) is 21.9. The number of nitrogens with one attached hydrogen (secondary N) is 1. The largest absolute Gasteiger partial charge is 0.496 e. The zero-order valence-electron chi connectivity index (χ0n) is 20.4. The number of carbonyl (C=O) groups excluding carboxylic acids is 1. The summed E-state index contributed by atoms with van der Waals surface area (Å²) < 4.78 is 35.0. The Kier molecular flexibility index (Phi) is 11.1. The Balaban J connectivity index is 2.22. The molecule has 2 rings (SSSR count). The number of hydrogen-bond acceptors (Lipinski definition) is 4. The molecule has 196 valence electrons. The molecular formula is C26H29Cl2F2NO5. The smallest absolute Gasteiger partial charge is 0.326 e. The summed E-state index contributed by atoms with van der Waals surface area (Å²) in [5.74, 6) is -1.56. The summed E-state index contributed by atoms with van der Waals surface area (Å²) in [7, 11) is 1.52. The maximum Gasteiger partial charge on any atom is 0.326 e. The van der Waals surface area contributed by atoms with Gasteiger partial charge in [-0.15, -0.1) is 0 Å². The third-order valence-corrected chi connectivity index (χ3v) is 5.81. The molecule has 6 nitrogen and oxygen atoms in total. The molecule has 0 fully saturated rings. The molecule has 0 aliphatic carbocycles. The highest BCUT2D eigenvalue weighted by molar-refractivity contribution is 6.57. The first-order valence-electron chi connectivity index (χ1n) is 11.2. The van der Waals surface area contributed by atoms with Crippen molar-refractivity contribution in [3.63, 3.8) is 0 Å². The molecule has 0 spiro atoms. The number of carboxylic acid groups (broad SMARTS) is 1. The third kappa shape index (κ3) is 8.18. The van der Waals surface area contributed by atoms with Gasteiger partial charge in [-0.1, -0.05) is 67.4 Å². The Morgan fingerprint density at radius 2 is 1.72 bits per heavy atom. The Hall–Kier alpha value is -2.68. The van der Waals surface area contributed by atoms with E-state index in [0.717, 1.165) is 16.7 Å². The molecule has 2 aromatic carbocycles. The quantitative estimate of drug-likeness (QED) is 0.325. The van der Waals surface area contributed by atoms with E-state index in [2.05, 4.69) is 5.32 Å². The number of halogens is 4. The molecule has 0 aliphatic rings. The second kappa shape index (κ2) is 13.6. The topological polar surface area (TPSA) is 84.9 Å².